The summed E-state index contributed by atoms with van der Waals surface area (Å²) in [7, 11) is 3.94. The van der Waals surface area contributed by atoms with E-state index in [1.165, 1.54) is 0 Å². The Bertz CT molecular complexity index is 1080. The number of hydrogen-bond donors (Lipinski definition) is 1. The third-order valence-electron chi connectivity index (χ3n) is 5.91. The SMILES string of the molecule is CCCCOc1ccc(C(O)=C2C(=O)C(=O)N(CCCN(C)C)[C@H]2c2cccc(Br)c2)cc1C. The summed E-state index contributed by atoms with van der Waals surface area (Å²) in [5, 5.41) is 11.3. The predicted octanol–water partition coefficient (Wildman–Crippen LogP) is 5.31. The number of ether oxygens (including phenoxy) is 1. The van der Waals surface area contributed by atoms with Gasteiger partial charge < -0.3 is 19.6 Å². The molecule has 6 nitrogen and oxygen atoms in total. The number of aliphatic hydroxyl groups excluding tert-OH is 1. The van der Waals surface area contributed by atoms with Crippen molar-refractivity contribution in [1.29, 1.82) is 0 Å². The van der Waals surface area contributed by atoms with E-state index in [9.17, 15) is 14.7 Å². The Kier molecular flexibility index (Phi) is 8.91. The third-order valence-corrected chi connectivity index (χ3v) is 6.41. The Hall–Kier alpha value is -2.64. The fourth-order valence-electron chi connectivity index (χ4n) is 4.13. The van der Waals surface area contributed by atoms with E-state index in [4.69, 9.17) is 4.74 Å². The fraction of sp³-hybridized carbons (Fsp3) is 0.407. The predicted molar refractivity (Wildman–Crippen MR) is 138 cm³/mol. The van der Waals surface area contributed by atoms with E-state index in [1.54, 1.807) is 23.1 Å². The molecular weight excluding hydrogens is 496 g/mol. The molecule has 7 heteroatoms. The number of rotatable bonds is 10. The van der Waals surface area contributed by atoms with Crippen LogP contribution in [0.15, 0.2) is 52.5 Å². The number of unbranched alkanes of at least 4 members (excludes halogenated alkanes) is 1. The maximum Gasteiger partial charge on any atom is 0.295 e. The molecule has 0 unspecified atom stereocenters. The Labute approximate surface area is 210 Å². The molecule has 34 heavy (non-hydrogen) atoms. The van der Waals surface area contributed by atoms with Gasteiger partial charge in [0.05, 0.1) is 18.2 Å². The number of Topliss-reactive ketones (excluding diaryl/α,β-unsaturated/α-hetero) is 1. The lowest BCUT2D eigenvalue weighted by Gasteiger charge is -2.26. The van der Waals surface area contributed by atoms with Crippen LogP contribution in [-0.4, -0.2) is 60.4 Å². The Morgan fingerprint density at radius 2 is 1.91 bits per heavy atom. The molecule has 1 N–H and O–H groups in total. The molecule has 0 saturated carbocycles. The number of benzene rings is 2. The van der Waals surface area contributed by atoms with E-state index in [0.29, 0.717) is 25.1 Å². The van der Waals surface area contributed by atoms with Gasteiger partial charge in [0.25, 0.3) is 11.7 Å². The Morgan fingerprint density at radius 1 is 1.15 bits per heavy atom. The van der Waals surface area contributed by atoms with Crippen molar-refractivity contribution in [2.24, 2.45) is 0 Å². The molecule has 0 spiro atoms. The van der Waals surface area contributed by atoms with Crippen molar-refractivity contribution in [2.45, 2.75) is 39.2 Å². The maximum atomic E-state index is 13.2. The second-order valence-corrected chi connectivity index (χ2v) is 9.80. The monoisotopic (exact) mass is 528 g/mol. The molecule has 182 valence electrons. The number of aliphatic hydroxyl groups is 1. The van der Waals surface area contributed by atoms with Gasteiger partial charge in [-0.25, -0.2) is 0 Å². The first-order valence-electron chi connectivity index (χ1n) is 11.7. The highest BCUT2D eigenvalue weighted by Crippen LogP contribution is 2.40. The van der Waals surface area contributed by atoms with Gasteiger partial charge in [-0.3, -0.25) is 9.59 Å². The normalized spacial score (nSPS) is 17.6. The summed E-state index contributed by atoms with van der Waals surface area (Å²) in [6.45, 7) is 5.84. The summed E-state index contributed by atoms with van der Waals surface area (Å²) in [6.07, 6.45) is 2.72. The lowest BCUT2D eigenvalue weighted by atomic mass is 9.94. The molecular formula is C27H33BrN2O4. The Morgan fingerprint density at radius 3 is 2.56 bits per heavy atom. The number of carbonyl (C=O) groups is 2. The summed E-state index contributed by atoms with van der Waals surface area (Å²) in [5.74, 6) is -0.658. The van der Waals surface area contributed by atoms with Crippen LogP contribution < -0.4 is 4.74 Å². The quantitative estimate of drug-likeness (QED) is 0.196. The lowest BCUT2D eigenvalue weighted by Crippen LogP contribution is -2.32. The molecule has 1 saturated heterocycles. The van der Waals surface area contributed by atoms with Crippen molar-refractivity contribution in [2.75, 3.05) is 33.8 Å². The molecule has 0 aliphatic carbocycles. The summed E-state index contributed by atoms with van der Waals surface area (Å²) >= 11 is 3.49. The van der Waals surface area contributed by atoms with Gasteiger partial charge in [0.1, 0.15) is 11.5 Å². The minimum absolute atomic E-state index is 0.118. The van der Waals surface area contributed by atoms with E-state index in [2.05, 4.69) is 22.9 Å². The lowest BCUT2D eigenvalue weighted by molar-refractivity contribution is -0.139. The van der Waals surface area contributed by atoms with Crippen molar-refractivity contribution in [3.63, 3.8) is 0 Å². The zero-order chi connectivity index (χ0) is 24.8. The first kappa shape index (κ1) is 26.0. The fourth-order valence-corrected chi connectivity index (χ4v) is 4.55. The summed E-state index contributed by atoms with van der Waals surface area (Å²) in [4.78, 5) is 29.8. The molecule has 2 aromatic rings. The van der Waals surface area contributed by atoms with Crippen molar-refractivity contribution < 1.29 is 19.4 Å². The second-order valence-electron chi connectivity index (χ2n) is 8.89. The standard InChI is InChI=1S/C27H33BrN2O4/c1-5-6-15-34-22-12-11-20(16-18(22)2)25(31)23-24(19-9-7-10-21(28)17-19)30(27(33)26(23)32)14-8-13-29(3)4/h7,9-12,16-17,24,31H,5-6,8,13-15H2,1-4H3/t24-/m0/s1. The molecule has 1 heterocycles. The van der Waals surface area contributed by atoms with Gasteiger partial charge in [-0.2, -0.15) is 0 Å². The number of hydrogen-bond acceptors (Lipinski definition) is 5. The topological polar surface area (TPSA) is 70.1 Å². The molecule has 1 aliphatic rings. The average molecular weight is 529 g/mol. The number of nitrogens with zero attached hydrogens (tertiary/aromatic N) is 2. The van der Waals surface area contributed by atoms with E-state index < -0.39 is 17.7 Å². The number of ketones is 1. The molecule has 1 fully saturated rings. The van der Waals surface area contributed by atoms with Crippen molar-refractivity contribution in [3.05, 3.63) is 69.2 Å². The third kappa shape index (κ3) is 5.88. The van der Waals surface area contributed by atoms with Gasteiger partial charge in [-0.15, -0.1) is 0 Å². The highest BCUT2D eigenvalue weighted by atomic mass is 79.9. The van der Waals surface area contributed by atoms with Crippen LogP contribution in [0.5, 0.6) is 5.75 Å². The van der Waals surface area contributed by atoms with Gasteiger partial charge in [0.2, 0.25) is 0 Å². The molecule has 0 radical (unpaired) electrons. The smallest absolute Gasteiger partial charge is 0.295 e. The molecule has 1 atom stereocenters. The van der Waals surface area contributed by atoms with Crippen molar-refractivity contribution in [1.82, 2.24) is 9.80 Å². The van der Waals surface area contributed by atoms with Gasteiger partial charge in [-0.1, -0.05) is 41.4 Å². The minimum atomic E-state index is -0.659. The number of aryl methyl sites for hydroxylation is 1. The highest BCUT2D eigenvalue weighted by molar-refractivity contribution is 9.10. The van der Waals surface area contributed by atoms with Crippen LogP contribution in [0.2, 0.25) is 0 Å². The zero-order valence-electron chi connectivity index (χ0n) is 20.3. The summed E-state index contributed by atoms with van der Waals surface area (Å²) < 4.78 is 6.66. The summed E-state index contributed by atoms with van der Waals surface area (Å²) in [5.41, 5.74) is 2.24. The molecule has 1 aliphatic heterocycles. The number of likely N-dealkylation sites (tertiary alicyclic amines) is 1. The van der Waals surface area contributed by atoms with Crippen LogP contribution in [0.25, 0.3) is 5.76 Å². The van der Waals surface area contributed by atoms with Gasteiger partial charge in [0.15, 0.2) is 0 Å². The number of amides is 1. The number of halogens is 1. The van der Waals surface area contributed by atoms with Crippen LogP contribution >= 0.6 is 15.9 Å². The van der Waals surface area contributed by atoms with Gasteiger partial charge in [-0.05, 0) is 81.9 Å². The molecule has 3 rings (SSSR count). The molecule has 0 bridgehead atoms. The Balaban J connectivity index is 2.03. The molecule has 2 aromatic carbocycles. The summed E-state index contributed by atoms with van der Waals surface area (Å²) in [6, 6.07) is 12.2. The van der Waals surface area contributed by atoms with Crippen LogP contribution in [0.1, 0.15) is 48.9 Å². The molecule has 1 amide bonds. The van der Waals surface area contributed by atoms with Crippen LogP contribution in [0.3, 0.4) is 0 Å². The van der Waals surface area contributed by atoms with E-state index >= 15 is 0 Å². The van der Waals surface area contributed by atoms with E-state index in [1.807, 2.05) is 50.2 Å². The highest BCUT2D eigenvalue weighted by Gasteiger charge is 2.45. The largest absolute Gasteiger partial charge is 0.507 e. The first-order valence-corrected chi connectivity index (χ1v) is 12.5. The van der Waals surface area contributed by atoms with Crippen LogP contribution in [0.4, 0.5) is 0 Å². The maximum absolute atomic E-state index is 13.2. The first-order chi connectivity index (χ1) is 16.2. The van der Waals surface area contributed by atoms with Crippen molar-refractivity contribution >= 4 is 33.4 Å². The van der Waals surface area contributed by atoms with E-state index in [-0.39, 0.29) is 11.3 Å². The van der Waals surface area contributed by atoms with Gasteiger partial charge in [0, 0.05) is 16.6 Å². The van der Waals surface area contributed by atoms with Crippen LogP contribution in [-0.2, 0) is 9.59 Å². The second kappa shape index (κ2) is 11.7. The average Bonchev–Trinajstić information content (AvgIpc) is 3.04. The van der Waals surface area contributed by atoms with Crippen molar-refractivity contribution in [3.8, 4) is 5.75 Å². The zero-order valence-corrected chi connectivity index (χ0v) is 21.9. The number of carbonyl (C=O) groups excluding carboxylic acids is 2. The van der Waals surface area contributed by atoms with Gasteiger partial charge >= 0.3 is 0 Å². The van der Waals surface area contributed by atoms with Crippen LogP contribution in [0, 0.1) is 6.92 Å². The molecule has 0 aromatic heterocycles. The minimum Gasteiger partial charge on any atom is -0.507 e. The van der Waals surface area contributed by atoms with E-state index in [0.717, 1.165) is 40.7 Å².